The molecular formula is C14H21N3O. The van der Waals surface area contributed by atoms with Crippen LogP contribution in [0.3, 0.4) is 0 Å². The minimum absolute atomic E-state index is 0.0660. The first-order valence-corrected chi connectivity index (χ1v) is 7.25. The Labute approximate surface area is 107 Å². The molecule has 2 N–H and O–H groups in total. The second-order valence-electron chi connectivity index (χ2n) is 7.01. The van der Waals surface area contributed by atoms with Crippen LogP contribution in [0.1, 0.15) is 56.9 Å². The third kappa shape index (κ3) is 1.69. The van der Waals surface area contributed by atoms with Crippen molar-refractivity contribution in [3.8, 4) is 0 Å². The highest BCUT2D eigenvalue weighted by Crippen LogP contribution is 2.62. The second-order valence-corrected chi connectivity index (χ2v) is 7.01. The van der Waals surface area contributed by atoms with Crippen LogP contribution in [-0.2, 0) is 0 Å². The van der Waals surface area contributed by atoms with Crippen molar-refractivity contribution in [2.75, 3.05) is 0 Å². The normalized spacial score (nSPS) is 43.3. The van der Waals surface area contributed by atoms with Gasteiger partial charge in [0.25, 0.3) is 0 Å². The highest BCUT2D eigenvalue weighted by atomic mass is 16.5. The van der Waals surface area contributed by atoms with Crippen LogP contribution in [0.5, 0.6) is 0 Å². The van der Waals surface area contributed by atoms with E-state index >= 15 is 0 Å². The molecule has 4 fully saturated rings. The minimum atomic E-state index is -0.0660. The fraction of sp³-hybridized carbons (Fsp3) is 0.857. The molecule has 0 spiro atoms. The van der Waals surface area contributed by atoms with Gasteiger partial charge in [-0.05, 0) is 68.1 Å². The number of aromatic nitrogens is 2. The summed E-state index contributed by atoms with van der Waals surface area (Å²) in [6, 6.07) is -0.0660. The first kappa shape index (κ1) is 11.0. The summed E-state index contributed by atoms with van der Waals surface area (Å²) in [6.07, 6.45) is 11.1. The standard InChI is InChI=1S/C14H21N3O/c15-12(13-16-8-17-18-13)7-14-4-9-1-10(5-14)3-11(2-9)6-14/h8-12H,1-7,15H2. The average molecular weight is 247 g/mol. The summed E-state index contributed by atoms with van der Waals surface area (Å²) in [5, 5.41) is 3.67. The summed E-state index contributed by atoms with van der Waals surface area (Å²) in [4.78, 5) is 4.11. The van der Waals surface area contributed by atoms with Crippen LogP contribution in [0, 0.1) is 23.2 Å². The van der Waals surface area contributed by atoms with Crippen molar-refractivity contribution >= 4 is 0 Å². The highest BCUT2D eigenvalue weighted by Gasteiger charge is 2.51. The molecule has 1 atom stereocenters. The Morgan fingerprint density at radius 2 is 1.83 bits per heavy atom. The summed E-state index contributed by atoms with van der Waals surface area (Å²) in [5.74, 6) is 3.55. The predicted octanol–water partition coefficient (Wildman–Crippen LogP) is 2.68. The molecule has 4 bridgehead atoms. The van der Waals surface area contributed by atoms with Gasteiger partial charge in [0.05, 0.1) is 6.04 Å². The molecule has 1 heterocycles. The third-order valence-electron chi connectivity index (χ3n) is 5.51. The van der Waals surface area contributed by atoms with Gasteiger partial charge in [0.1, 0.15) is 0 Å². The van der Waals surface area contributed by atoms with E-state index < -0.39 is 0 Å². The molecule has 0 amide bonds. The van der Waals surface area contributed by atoms with Gasteiger partial charge in [-0.3, -0.25) is 0 Å². The third-order valence-corrected chi connectivity index (χ3v) is 5.51. The maximum Gasteiger partial charge on any atom is 0.243 e. The lowest BCUT2D eigenvalue weighted by Gasteiger charge is -2.57. The molecule has 4 aliphatic carbocycles. The molecule has 1 aromatic rings. The van der Waals surface area contributed by atoms with E-state index in [-0.39, 0.29) is 6.04 Å². The van der Waals surface area contributed by atoms with Crippen molar-refractivity contribution in [2.45, 2.75) is 51.0 Å². The molecule has 4 heteroatoms. The lowest BCUT2D eigenvalue weighted by molar-refractivity contribution is -0.0617. The van der Waals surface area contributed by atoms with Crippen molar-refractivity contribution < 1.29 is 4.52 Å². The number of nitrogens with two attached hydrogens (primary N) is 1. The molecule has 0 saturated heterocycles. The smallest absolute Gasteiger partial charge is 0.243 e. The minimum Gasteiger partial charge on any atom is -0.338 e. The fourth-order valence-electron chi connectivity index (χ4n) is 5.44. The molecule has 0 radical (unpaired) electrons. The molecule has 4 aliphatic rings. The van der Waals surface area contributed by atoms with Gasteiger partial charge in [-0.1, -0.05) is 5.16 Å². The van der Waals surface area contributed by atoms with Gasteiger partial charge in [-0.15, -0.1) is 0 Å². The summed E-state index contributed by atoms with van der Waals surface area (Å²) in [5.41, 5.74) is 6.75. The first-order chi connectivity index (χ1) is 8.72. The summed E-state index contributed by atoms with van der Waals surface area (Å²) >= 11 is 0. The van der Waals surface area contributed by atoms with Crippen LogP contribution in [0.25, 0.3) is 0 Å². The molecule has 98 valence electrons. The monoisotopic (exact) mass is 247 g/mol. The molecular weight excluding hydrogens is 226 g/mol. The van der Waals surface area contributed by atoms with Gasteiger partial charge < -0.3 is 10.3 Å². The number of nitrogens with zero attached hydrogens (tertiary/aromatic N) is 2. The molecule has 0 aromatic carbocycles. The zero-order valence-electron chi connectivity index (χ0n) is 10.7. The van der Waals surface area contributed by atoms with Crippen LogP contribution in [0.15, 0.2) is 10.9 Å². The maximum atomic E-state index is 6.26. The van der Waals surface area contributed by atoms with Crippen molar-refractivity contribution in [3.05, 3.63) is 12.2 Å². The van der Waals surface area contributed by atoms with Crippen LogP contribution >= 0.6 is 0 Å². The Hall–Kier alpha value is -0.900. The lowest BCUT2D eigenvalue weighted by Crippen LogP contribution is -2.47. The van der Waals surface area contributed by atoms with E-state index in [2.05, 4.69) is 10.1 Å². The van der Waals surface area contributed by atoms with E-state index in [1.54, 1.807) is 0 Å². The Bertz CT molecular complexity index is 393. The Kier molecular flexibility index (Phi) is 2.31. The SMILES string of the molecule is NC(CC12CC3CC(CC(C3)C1)C2)c1ncno1. The predicted molar refractivity (Wildman–Crippen MR) is 66.4 cm³/mol. The van der Waals surface area contributed by atoms with E-state index in [0.29, 0.717) is 11.3 Å². The molecule has 4 nitrogen and oxygen atoms in total. The van der Waals surface area contributed by atoms with Gasteiger partial charge in [-0.2, -0.15) is 4.98 Å². The molecule has 0 aliphatic heterocycles. The molecule has 1 unspecified atom stereocenters. The van der Waals surface area contributed by atoms with E-state index in [9.17, 15) is 0 Å². The topological polar surface area (TPSA) is 64.9 Å². The number of hydrogen-bond donors (Lipinski definition) is 1. The summed E-state index contributed by atoms with van der Waals surface area (Å²) < 4.78 is 5.12. The fourth-order valence-corrected chi connectivity index (χ4v) is 5.44. The first-order valence-electron chi connectivity index (χ1n) is 7.25. The van der Waals surface area contributed by atoms with E-state index in [4.69, 9.17) is 10.3 Å². The lowest BCUT2D eigenvalue weighted by atomic mass is 9.48. The Morgan fingerprint density at radius 3 is 2.33 bits per heavy atom. The number of hydrogen-bond acceptors (Lipinski definition) is 4. The van der Waals surface area contributed by atoms with Crippen LogP contribution in [0.4, 0.5) is 0 Å². The number of rotatable bonds is 3. The van der Waals surface area contributed by atoms with E-state index in [1.165, 1.54) is 44.9 Å². The highest BCUT2D eigenvalue weighted by molar-refractivity contribution is 5.03. The van der Waals surface area contributed by atoms with Crippen molar-refractivity contribution in [2.24, 2.45) is 28.9 Å². The molecule has 5 rings (SSSR count). The summed E-state index contributed by atoms with van der Waals surface area (Å²) in [7, 11) is 0. The zero-order valence-corrected chi connectivity index (χ0v) is 10.7. The van der Waals surface area contributed by atoms with Crippen LogP contribution in [-0.4, -0.2) is 10.1 Å². The van der Waals surface area contributed by atoms with Crippen LogP contribution < -0.4 is 5.73 Å². The van der Waals surface area contributed by atoms with Gasteiger partial charge >= 0.3 is 0 Å². The Balaban J connectivity index is 1.54. The van der Waals surface area contributed by atoms with Crippen molar-refractivity contribution in [1.82, 2.24) is 10.1 Å². The van der Waals surface area contributed by atoms with Crippen molar-refractivity contribution in [3.63, 3.8) is 0 Å². The van der Waals surface area contributed by atoms with Crippen molar-refractivity contribution in [1.29, 1.82) is 0 Å². The van der Waals surface area contributed by atoms with Crippen LogP contribution in [0.2, 0.25) is 0 Å². The second kappa shape index (κ2) is 3.80. The van der Waals surface area contributed by atoms with Gasteiger partial charge in [0.15, 0.2) is 6.33 Å². The quantitative estimate of drug-likeness (QED) is 0.891. The largest absolute Gasteiger partial charge is 0.338 e. The average Bonchev–Trinajstić information content (AvgIpc) is 2.79. The van der Waals surface area contributed by atoms with Gasteiger partial charge in [0.2, 0.25) is 5.89 Å². The zero-order chi connectivity index (χ0) is 12.2. The maximum absolute atomic E-state index is 6.26. The molecule has 4 saturated carbocycles. The molecule has 18 heavy (non-hydrogen) atoms. The van der Waals surface area contributed by atoms with Gasteiger partial charge in [-0.25, -0.2) is 0 Å². The Morgan fingerprint density at radius 1 is 1.22 bits per heavy atom. The van der Waals surface area contributed by atoms with E-state index in [1.807, 2.05) is 0 Å². The van der Waals surface area contributed by atoms with Gasteiger partial charge in [0, 0.05) is 0 Å². The molecule has 1 aromatic heterocycles. The van der Waals surface area contributed by atoms with E-state index in [0.717, 1.165) is 24.2 Å². The summed E-state index contributed by atoms with van der Waals surface area (Å²) in [6.45, 7) is 0.